The molecule has 3 aromatic carbocycles. The number of aliphatic hydroxyl groups is 1. The van der Waals surface area contributed by atoms with Crippen LogP contribution in [0.15, 0.2) is 60.7 Å². The average molecular weight is 456 g/mol. The van der Waals surface area contributed by atoms with Gasteiger partial charge in [0, 0.05) is 37.8 Å². The van der Waals surface area contributed by atoms with Crippen molar-refractivity contribution in [1.29, 1.82) is 0 Å². The predicted molar refractivity (Wildman–Crippen MR) is 131 cm³/mol. The molecule has 174 valence electrons. The van der Waals surface area contributed by atoms with Gasteiger partial charge in [0.2, 0.25) is 5.91 Å². The number of rotatable bonds is 4. The van der Waals surface area contributed by atoms with E-state index in [1.165, 1.54) is 28.9 Å². The molecule has 0 saturated carbocycles. The second-order valence-corrected chi connectivity index (χ2v) is 9.75. The maximum absolute atomic E-state index is 13.5. The van der Waals surface area contributed by atoms with Gasteiger partial charge in [-0.3, -0.25) is 14.5 Å². The van der Waals surface area contributed by atoms with Crippen molar-refractivity contribution < 1.29 is 14.7 Å². The van der Waals surface area contributed by atoms with E-state index in [0.29, 0.717) is 11.6 Å². The molecule has 1 fully saturated rings. The van der Waals surface area contributed by atoms with E-state index in [-0.39, 0.29) is 24.3 Å². The first-order chi connectivity index (χ1) is 16.5. The maximum Gasteiger partial charge on any atom is 0.264 e. The number of nitrogens with one attached hydrogen (secondary N) is 1. The van der Waals surface area contributed by atoms with Crippen LogP contribution >= 0.6 is 0 Å². The van der Waals surface area contributed by atoms with Gasteiger partial charge in [0.15, 0.2) is 5.60 Å². The molecule has 2 N–H and O–H groups in total. The van der Waals surface area contributed by atoms with Crippen LogP contribution in [0.2, 0.25) is 0 Å². The smallest absolute Gasteiger partial charge is 0.264 e. The van der Waals surface area contributed by atoms with Crippen molar-refractivity contribution in [2.24, 2.45) is 0 Å². The van der Waals surface area contributed by atoms with E-state index in [2.05, 4.69) is 46.6 Å². The quantitative estimate of drug-likeness (QED) is 0.633. The minimum atomic E-state index is -1.81. The summed E-state index contributed by atoms with van der Waals surface area (Å²) in [6, 6.07) is 20.9. The molecule has 2 aliphatic heterocycles. The standard InChI is InChI=1S/C28H29N3O3/c1-29-25(32)17-28(34)22-10-2-3-11-23(22)31(27(28)33)20-12-14-30(15-13-20)24-16-19-8-4-6-18-7-5-9-21(24)26(18)19/h2-11,20,24,34H,12-17H2,1H3,(H,29,32)/t24-,28-/m0/s1. The fourth-order valence-electron chi connectivity index (χ4n) is 6.31. The molecular weight excluding hydrogens is 426 g/mol. The van der Waals surface area contributed by atoms with Gasteiger partial charge in [-0.2, -0.15) is 0 Å². The Labute approximate surface area is 199 Å². The molecule has 0 bridgehead atoms. The van der Waals surface area contributed by atoms with E-state index < -0.39 is 5.60 Å². The molecule has 1 saturated heterocycles. The van der Waals surface area contributed by atoms with Crippen LogP contribution in [0.5, 0.6) is 0 Å². The van der Waals surface area contributed by atoms with E-state index >= 15 is 0 Å². The second-order valence-electron chi connectivity index (χ2n) is 9.75. The van der Waals surface area contributed by atoms with E-state index in [0.717, 1.165) is 38.0 Å². The zero-order chi connectivity index (χ0) is 23.4. The molecule has 6 rings (SSSR count). The number of likely N-dealkylation sites (tertiary alicyclic amines) is 1. The lowest BCUT2D eigenvalue weighted by Gasteiger charge is -2.40. The van der Waals surface area contributed by atoms with Gasteiger partial charge in [-0.1, -0.05) is 54.6 Å². The predicted octanol–water partition coefficient (Wildman–Crippen LogP) is 3.27. The first-order valence-corrected chi connectivity index (χ1v) is 12.1. The summed E-state index contributed by atoms with van der Waals surface area (Å²) in [7, 11) is 1.52. The number of benzene rings is 3. The van der Waals surface area contributed by atoms with E-state index in [1.54, 1.807) is 11.0 Å². The van der Waals surface area contributed by atoms with Crippen molar-refractivity contribution >= 4 is 28.3 Å². The summed E-state index contributed by atoms with van der Waals surface area (Å²) in [5.74, 6) is -0.730. The topological polar surface area (TPSA) is 72.9 Å². The van der Waals surface area contributed by atoms with Crippen molar-refractivity contribution in [2.75, 3.05) is 25.0 Å². The summed E-state index contributed by atoms with van der Waals surface area (Å²) in [6.07, 6.45) is 2.43. The van der Waals surface area contributed by atoms with Crippen LogP contribution in [0.25, 0.3) is 10.8 Å². The first kappa shape index (κ1) is 21.3. The average Bonchev–Trinajstić information content (AvgIpc) is 3.34. The Kier molecular flexibility index (Phi) is 4.97. The monoisotopic (exact) mass is 455 g/mol. The summed E-state index contributed by atoms with van der Waals surface area (Å²) in [6.45, 7) is 1.78. The summed E-state index contributed by atoms with van der Waals surface area (Å²) in [4.78, 5) is 30.0. The van der Waals surface area contributed by atoms with Crippen LogP contribution in [0.3, 0.4) is 0 Å². The third kappa shape index (κ3) is 3.09. The molecule has 0 radical (unpaired) electrons. The van der Waals surface area contributed by atoms with Gasteiger partial charge < -0.3 is 15.3 Å². The number of piperidine rings is 1. The molecule has 34 heavy (non-hydrogen) atoms. The number of para-hydroxylation sites is 1. The fourth-order valence-corrected chi connectivity index (χ4v) is 6.31. The van der Waals surface area contributed by atoms with Crippen molar-refractivity contribution in [3.05, 3.63) is 77.4 Å². The lowest BCUT2D eigenvalue weighted by Crippen LogP contribution is -2.51. The number of fused-ring (bicyclic) bond motifs is 1. The van der Waals surface area contributed by atoms with Crippen LogP contribution in [0, 0.1) is 0 Å². The molecule has 3 aromatic rings. The Morgan fingerprint density at radius 1 is 1.06 bits per heavy atom. The maximum atomic E-state index is 13.5. The molecule has 0 unspecified atom stereocenters. The molecule has 3 aliphatic rings. The number of carbonyl (C=O) groups is 2. The van der Waals surface area contributed by atoms with E-state index in [9.17, 15) is 14.7 Å². The molecule has 2 amide bonds. The highest BCUT2D eigenvalue weighted by Crippen LogP contribution is 2.46. The molecule has 2 atom stereocenters. The van der Waals surface area contributed by atoms with Crippen molar-refractivity contribution in [2.45, 2.75) is 43.4 Å². The highest BCUT2D eigenvalue weighted by Gasteiger charge is 2.52. The van der Waals surface area contributed by atoms with Crippen LogP contribution in [0.1, 0.15) is 42.0 Å². The third-order valence-electron chi connectivity index (χ3n) is 7.98. The van der Waals surface area contributed by atoms with Crippen LogP contribution in [0.4, 0.5) is 5.69 Å². The molecule has 6 heteroatoms. The van der Waals surface area contributed by atoms with Gasteiger partial charge in [0.1, 0.15) is 0 Å². The van der Waals surface area contributed by atoms with Crippen molar-refractivity contribution in [3.63, 3.8) is 0 Å². The lowest BCUT2D eigenvalue weighted by atomic mass is 9.91. The zero-order valence-electron chi connectivity index (χ0n) is 19.3. The van der Waals surface area contributed by atoms with Crippen molar-refractivity contribution in [3.8, 4) is 0 Å². The number of carbonyl (C=O) groups excluding carboxylic acids is 2. The lowest BCUT2D eigenvalue weighted by molar-refractivity contribution is -0.143. The minimum absolute atomic E-state index is 0.00295. The second kappa shape index (κ2) is 7.93. The van der Waals surface area contributed by atoms with Crippen LogP contribution in [-0.2, 0) is 21.6 Å². The third-order valence-corrected chi connectivity index (χ3v) is 7.98. The van der Waals surface area contributed by atoms with E-state index in [1.807, 2.05) is 18.2 Å². The molecule has 6 nitrogen and oxygen atoms in total. The minimum Gasteiger partial charge on any atom is -0.375 e. The van der Waals surface area contributed by atoms with Gasteiger partial charge >= 0.3 is 0 Å². The Morgan fingerprint density at radius 3 is 2.56 bits per heavy atom. The van der Waals surface area contributed by atoms with Gasteiger partial charge in [-0.15, -0.1) is 0 Å². The number of hydrogen-bond donors (Lipinski definition) is 2. The number of hydrogen-bond acceptors (Lipinski definition) is 4. The molecule has 2 heterocycles. The number of amides is 2. The number of nitrogens with zero attached hydrogens (tertiary/aromatic N) is 2. The zero-order valence-corrected chi connectivity index (χ0v) is 19.3. The number of anilines is 1. The van der Waals surface area contributed by atoms with Crippen molar-refractivity contribution in [1.82, 2.24) is 10.2 Å². The van der Waals surface area contributed by atoms with Gasteiger partial charge in [0.25, 0.3) is 5.91 Å². The highest BCUT2D eigenvalue weighted by atomic mass is 16.3. The normalized spacial score (nSPS) is 24.6. The summed E-state index contributed by atoms with van der Waals surface area (Å²) in [5, 5.41) is 16.6. The van der Waals surface area contributed by atoms with Gasteiger partial charge in [0.05, 0.1) is 12.1 Å². The Balaban J connectivity index is 1.23. The SMILES string of the molecule is CNC(=O)C[C@@]1(O)C(=O)N(C2CCN([C@H]3Cc4cccc5cccc3c45)CC2)c2ccccc21. The Morgan fingerprint density at radius 2 is 1.79 bits per heavy atom. The fraction of sp³-hybridized carbons (Fsp3) is 0.357. The molecule has 1 aliphatic carbocycles. The largest absolute Gasteiger partial charge is 0.375 e. The summed E-state index contributed by atoms with van der Waals surface area (Å²) >= 11 is 0. The summed E-state index contributed by atoms with van der Waals surface area (Å²) in [5.41, 5.74) is 2.29. The van der Waals surface area contributed by atoms with Gasteiger partial charge in [-0.25, -0.2) is 0 Å². The molecule has 0 aromatic heterocycles. The van der Waals surface area contributed by atoms with Crippen LogP contribution < -0.4 is 10.2 Å². The first-order valence-electron chi connectivity index (χ1n) is 12.1. The Hall–Kier alpha value is -3.22. The molecule has 0 spiro atoms. The van der Waals surface area contributed by atoms with Gasteiger partial charge in [-0.05, 0) is 47.2 Å². The van der Waals surface area contributed by atoms with E-state index in [4.69, 9.17) is 0 Å². The Bertz CT molecular complexity index is 1290. The van der Waals surface area contributed by atoms with Crippen LogP contribution in [-0.4, -0.2) is 48.0 Å². The summed E-state index contributed by atoms with van der Waals surface area (Å²) < 4.78 is 0. The molecular formula is C28H29N3O3. The highest BCUT2D eigenvalue weighted by molar-refractivity contribution is 6.09.